The standard InChI is InChI=1S/C62H41NO/c1-5-22-42(23-6-1)61(43-24-7-2-8-25-43)53-36-19-15-33-50(53)58-54(61)37-21-38-55(58)63(45-28-11-4-12-29-45)56-41-40-49-48-32-16-20-39-57(48)64-60(49)59(56)62(44-26-9-3-10-27-44)51-34-17-13-30-46(51)47-31-14-18-35-52(47)62/h1-41H. The molecule has 0 amide bonds. The minimum Gasteiger partial charge on any atom is -0.456 e. The second kappa shape index (κ2) is 14.2. The third-order valence-electron chi connectivity index (χ3n) is 14.0. The van der Waals surface area contributed by atoms with E-state index >= 15 is 0 Å². The summed E-state index contributed by atoms with van der Waals surface area (Å²) in [6, 6.07) is 91.3. The zero-order valence-electron chi connectivity index (χ0n) is 35.0. The number of hydrogen-bond donors (Lipinski definition) is 0. The van der Waals surface area contributed by atoms with Crippen LogP contribution in [0, 0.1) is 0 Å². The van der Waals surface area contributed by atoms with E-state index in [4.69, 9.17) is 4.42 Å². The van der Waals surface area contributed by atoms with Gasteiger partial charge in [-0.25, -0.2) is 0 Å². The Hall–Kier alpha value is -8.20. The van der Waals surface area contributed by atoms with Crippen molar-refractivity contribution in [1.29, 1.82) is 0 Å². The fraction of sp³-hybridized carbons (Fsp3) is 0.0323. The molecule has 0 fully saturated rings. The predicted molar refractivity (Wildman–Crippen MR) is 263 cm³/mol. The number of fused-ring (bicyclic) bond motifs is 9. The minimum atomic E-state index is -0.766. The van der Waals surface area contributed by atoms with Gasteiger partial charge >= 0.3 is 0 Å². The monoisotopic (exact) mass is 815 g/mol. The van der Waals surface area contributed by atoms with Crippen LogP contribution in [0.25, 0.3) is 44.2 Å². The first-order chi connectivity index (χ1) is 31.8. The Balaban J connectivity index is 1.21. The zero-order valence-corrected chi connectivity index (χ0v) is 35.0. The third kappa shape index (κ3) is 4.91. The van der Waals surface area contributed by atoms with Crippen molar-refractivity contribution in [3.63, 3.8) is 0 Å². The molecular formula is C62H41NO. The third-order valence-corrected chi connectivity index (χ3v) is 14.0. The maximum Gasteiger partial charge on any atom is 0.142 e. The quantitative estimate of drug-likeness (QED) is 0.159. The van der Waals surface area contributed by atoms with E-state index < -0.39 is 10.8 Å². The first-order valence-electron chi connectivity index (χ1n) is 22.2. The van der Waals surface area contributed by atoms with Gasteiger partial charge in [-0.1, -0.05) is 212 Å². The summed E-state index contributed by atoms with van der Waals surface area (Å²) in [5.74, 6) is 0. The van der Waals surface area contributed by atoms with Gasteiger partial charge in [0.1, 0.15) is 11.2 Å². The van der Waals surface area contributed by atoms with E-state index in [1.807, 2.05) is 0 Å². The number of anilines is 3. The summed E-state index contributed by atoms with van der Waals surface area (Å²) in [5.41, 5.74) is 18.3. The average Bonchev–Trinajstić information content (AvgIpc) is 4.01. The fourth-order valence-electron chi connectivity index (χ4n) is 11.6. The molecule has 0 bridgehead atoms. The smallest absolute Gasteiger partial charge is 0.142 e. The summed E-state index contributed by atoms with van der Waals surface area (Å²) in [5, 5.41) is 2.19. The van der Waals surface area contributed by atoms with Crippen LogP contribution in [0.15, 0.2) is 253 Å². The van der Waals surface area contributed by atoms with Crippen LogP contribution in [-0.4, -0.2) is 0 Å². The largest absolute Gasteiger partial charge is 0.456 e. The highest BCUT2D eigenvalue weighted by atomic mass is 16.3. The average molecular weight is 816 g/mol. The second-order valence-electron chi connectivity index (χ2n) is 17.0. The molecule has 1 heterocycles. The minimum absolute atomic E-state index is 0.563. The second-order valence-corrected chi connectivity index (χ2v) is 17.0. The molecule has 64 heavy (non-hydrogen) atoms. The zero-order chi connectivity index (χ0) is 42.2. The molecule has 0 spiro atoms. The predicted octanol–water partition coefficient (Wildman–Crippen LogP) is 15.8. The number of rotatable bonds is 7. The molecule has 0 N–H and O–H groups in total. The van der Waals surface area contributed by atoms with Gasteiger partial charge in [-0.05, 0) is 92.0 Å². The lowest BCUT2D eigenvalue weighted by Gasteiger charge is -2.39. The van der Waals surface area contributed by atoms with E-state index in [-0.39, 0.29) is 0 Å². The Morgan fingerprint density at radius 2 is 0.781 bits per heavy atom. The Morgan fingerprint density at radius 3 is 1.39 bits per heavy atom. The highest BCUT2D eigenvalue weighted by molar-refractivity contribution is 6.10. The lowest BCUT2D eigenvalue weighted by atomic mass is 9.66. The van der Waals surface area contributed by atoms with E-state index in [0.717, 1.165) is 44.6 Å². The van der Waals surface area contributed by atoms with E-state index in [9.17, 15) is 0 Å². The molecule has 0 saturated heterocycles. The number of para-hydroxylation sites is 2. The summed E-state index contributed by atoms with van der Waals surface area (Å²) in [6.07, 6.45) is 0. The van der Waals surface area contributed by atoms with Gasteiger partial charge in [-0.15, -0.1) is 0 Å². The van der Waals surface area contributed by atoms with Gasteiger partial charge in [0.05, 0.1) is 22.2 Å². The molecule has 11 aromatic rings. The topological polar surface area (TPSA) is 16.4 Å². The normalized spacial score (nSPS) is 13.9. The summed E-state index contributed by atoms with van der Waals surface area (Å²) >= 11 is 0. The number of furan rings is 1. The van der Waals surface area contributed by atoms with Gasteiger partial charge in [0.15, 0.2) is 0 Å². The Kier molecular flexibility index (Phi) is 8.07. The summed E-state index contributed by atoms with van der Waals surface area (Å²) in [4.78, 5) is 2.53. The number of hydrogen-bond acceptors (Lipinski definition) is 2. The first-order valence-corrected chi connectivity index (χ1v) is 22.2. The van der Waals surface area contributed by atoms with Crippen LogP contribution in [0.1, 0.15) is 44.5 Å². The lowest BCUT2D eigenvalue weighted by molar-refractivity contribution is 0.648. The fourth-order valence-corrected chi connectivity index (χ4v) is 11.6. The first kappa shape index (κ1) is 36.5. The van der Waals surface area contributed by atoms with Crippen molar-refractivity contribution in [3.8, 4) is 22.3 Å². The van der Waals surface area contributed by atoms with Crippen molar-refractivity contribution in [2.75, 3.05) is 4.90 Å². The van der Waals surface area contributed by atoms with E-state index in [2.05, 4.69) is 254 Å². The highest BCUT2D eigenvalue weighted by Crippen LogP contribution is 2.63. The van der Waals surface area contributed by atoms with Gasteiger partial charge in [0.2, 0.25) is 0 Å². The van der Waals surface area contributed by atoms with Gasteiger partial charge in [-0.2, -0.15) is 0 Å². The molecule has 2 heteroatoms. The maximum absolute atomic E-state index is 7.31. The lowest BCUT2D eigenvalue weighted by Crippen LogP contribution is -2.31. The molecule has 2 aliphatic carbocycles. The number of benzene rings is 10. The molecule has 0 atom stereocenters. The van der Waals surface area contributed by atoms with Gasteiger partial charge in [-0.3, -0.25) is 0 Å². The highest BCUT2D eigenvalue weighted by Gasteiger charge is 2.51. The van der Waals surface area contributed by atoms with Crippen LogP contribution < -0.4 is 4.90 Å². The van der Waals surface area contributed by atoms with E-state index in [1.165, 1.54) is 61.2 Å². The summed E-state index contributed by atoms with van der Waals surface area (Å²) in [7, 11) is 0. The molecule has 0 aliphatic heterocycles. The SMILES string of the molecule is c1ccc(N(c2cccc3c2-c2ccccc2C3(c2ccccc2)c2ccccc2)c2ccc3c(oc4ccccc43)c2C2(c3ccccc3)c3ccccc3-c3ccccc32)cc1. The molecule has 13 rings (SSSR count). The maximum atomic E-state index is 7.31. The molecular weight excluding hydrogens is 775 g/mol. The van der Waals surface area contributed by atoms with Gasteiger partial charge < -0.3 is 9.32 Å². The Labute approximate surface area is 373 Å². The molecule has 10 aromatic carbocycles. The van der Waals surface area contributed by atoms with E-state index in [1.54, 1.807) is 0 Å². The molecule has 0 saturated carbocycles. The van der Waals surface area contributed by atoms with Crippen molar-refractivity contribution in [3.05, 3.63) is 293 Å². The molecule has 300 valence electrons. The molecule has 0 radical (unpaired) electrons. The van der Waals surface area contributed by atoms with Gasteiger partial charge in [0.25, 0.3) is 0 Å². The summed E-state index contributed by atoms with van der Waals surface area (Å²) < 4.78 is 7.31. The van der Waals surface area contributed by atoms with Crippen molar-refractivity contribution in [2.45, 2.75) is 10.8 Å². The summed E-state index contributed by atoms with van der Waals surface area (Å²) in [6.45, 7) is 0. The van der Waals surface area contributed by atoms with Crippen LogP contribution >= 0.6 is 0 Å². The van der Waals surface area contributed by atoms with Crippen LogP contribution in [0.4, 0.5) is 17.1 Å². The van der Waals surface area contributed by atoms with Crippen LogP contribution in [0.3, 0.4) is 0 Å². The van der Waals surface area contributed by atoms with Crippen LogP contribution in [-0.2, 0) is 10.8 Å². The van der Waals surface area contributed by atoms with Crippen molar-refractivity contribution in [1.82, 2.24) is 0 Å². The molecule has 2 aliphatic rings. The Bertz CT molecular complexity index is 3470. The van der Waals surface area contributed by atoms with E-state index in [0.29, 0.717) is 0 Å². The molecule has 0 unspecified atom stereocenters. The molecule has 1 aromatic heterocycles. The van der Waals surface area contributed by atoms with Crippen LogP contribution in [0.5, 0.6) is 0 Å². The van der Waals surface area contributed by atoms with Crippen LogP contribution in [0.2, 0.25) is 0 Å². The van der Waals surface area contributed by atoms with Gasteiger partial charge in [0, 0.05) is 27.6 Å². The van der Waals surface area contributed by atoms with Crippen molar-refractivity contribution >= 4 is 39.0 Å². The Morgan fingerprint density at radius 1 is 0.312 bits per heavy atom. The molecule has 2 nitrogen and oxygen atoms in total. The number of nitrogens with zero attached hydrogens (tertiary/aromatic N) is 1. The van der Waals surface area contributed by atoms with Crippen molar-refractivity contribution in [2.24, 2.45) is 0 Å². The van der Waals surface area contributed by atoms with Crippen molar-refractivity contribution < 1.29 is 4.42 Å².